The van der Waals surface area contributed by atoms with Gasteiger partial charge in [0.25, 0.3) is 0 Å². The normalized spacial score (nSPS) is 22.0. The highest BCUT2D eigenvalue weighted by Gasteiger charge is 2.44. The van der Waals surface area contributed by atoms with Gasteiger partial charge in [-0.25, -0.2) is 0 Å². The summed E-state index contributed by atoms with van der Waals surface area (Å²) < 4.78 is 10.8. The molecule has 0 saturated carbocycles. The molecule has 52 heavy (non-hydrogen) atoms. The summed E-state index contributed by atoms with van der Waals surface area (Å²) in [5.74, 6) is -0.166. The highest BCUT2D eigenvalue weighted by Crippen LogP contribution is 2.22. The van der Waals surface area contributed by atoms with Crippen LogP contribution in [-0.2, 0) is 14.3 Å². The zero-order valence-electron chi connectivity index (χ0n) is 33.3. The number of aliphatic hydroxyl groups is 5. The Morgan fingerprint density at radius 3 is 1.58 bits per heavy atom. The Balaban J connectivity index is 2.32. The maximum Gasteiger partial charge on any atom is 0.220 e. The summed E-state index contributed by atoms with van der Waals surface area (Å²) in [4.78, 5) is 12.9. The second-order valence-corrected chi connectivity index (χ2v) is 15.2. The van der Waals surface area contributed by atoms with Gasteiger partial charge in [-0.3, -0.25) is 4.79 Å². The highest BCUT2D eigenvalue weighted by molar-refractivity contribution is 5.76. The Hall–Kier alpha value is -1.33. The molecule has 6 N–H and O–H groups in total. The van der Waals surface area contributed by atoms with E-state index in [-0.39, 0.29) is 12.5 Å². The van der Waals surface area contributed by atoms with Gasteiger partial charge in [-0.2, -0.15) is 0 Å². The van der Waals surface area contributed by atoms with Gasteiger partial charge in [-0.1, -0.05) is 173 Å². The lowest BCUT2D eigenvalue weighted by molar-refractivity contribution is -0.341. The number of ether oxygens (including phenoxy) is 2. The minimum absolute atomic E-state index is 0.166. The lowest BCUT2D eigenvalue weighted by Crippen LogP contribution is -2.59. The van der Waals surface area contributed by atoms with E-state index in [2.05, 4.69) is 43.5 Å². The molecular formula is C43H81NO8. The molecule has 306 valence electrons. The van der Waals surface area contributed by atoms with Crippen molar-refractivity contribution in [3.05, 3.63) is 24.3 Å². The van der Waals surface area contributed by atoms with Crippen LogP contribution in [0.4, 0.5) is 0 Å². The fourth-order valence-corrected chi connectivity index (χ4v) is 6.74. The summed E-state index contributed by atoms with van der Waals surface area (Å²) in [5.41, 5.74) is 0. The molecule has 5 unspecified atom stereocenters. The fraction of sp³-hybridized carbons (Fsp3) is 0.884. The average molecular weight is 740 g/mol. The van der Waals surface area contributed by atoms with Crippen LogP contribution in [0.2, 0.25) is 0 Å². The average Bonchev–Trinajstić information content (AvgIpc) is 3.14. The van der Waals surface area contributed by atoms with E-state index in [1.54, 1.807) is 0 Å². The third kappa shape index (κ3) is 25.6. The van der Waals surface area contributed by atoms with Gasteiger partial charge in [0.1, 0.15) is 18.3 Å². The van der Waals surface area contributed by atoms with Gasteiger partial charge in [0.15, 0.2) is 12.6 Å². The molecule has 9 heteroatoms. The summed E-state index contributed by atoms with van der Waals surface area (Å²) in [5, 5.41) is 53.9. The highest BCUT2D eigenvalue weighted by atomic mass is 16.7. The molecule has 0 spiro atoms. The first-order chi connectivity index (χ1) is 25.3. The summed E-state index contributed by atoms with van der Waals surface area (Å²) in [6.07, 6.45) is 32.0. The number of aliphatic hydroxyl groups excluding tert-OH is 5. The molecule has 1 amide bonds. The van der Waals surface area contributed by atoms with E-state index >= 15 is 0 Å². The van der Waals surface area contributed by atoms with Gasteiger partial charge in [0, 0.05) is 6.42 Å². The van der Waals surface area contributed by atoms with Crippen molar-refractivity contribution in [1.82, 2.24) is 5.32 Å². The van der Waals surface area contributed by atoms with Gasteiger partial charge >= 0.3 is 0 Å². The minimum atomic E-state index is -1.72. The standard InChI is InChI=1S/C43H81NO8/c1-3-5-7-9-11-13-15-17-18-19-20-22-24-26-28-30-32-34-38(46)44-36(35-51-43-41(49)39(47)40(48)42(50)52-43)37(45)33-31-29-27-25-23-21-16-14-12-10-8-6-4-2/h13,15,17-18,36-37,39-43,45,47-50H,3-12,14,16,19-35H2,1-2H3,(H,44,46)/b15-13+,18-17-/t36-,37+,39?,40?,41?,42?,43?/m0/s1. The molecule has 1 rings (SSSR count). The van der Waals surface area contributed by atoms with Crippen LogP contribution in [0.5, 0.6) is 0 Å². The van der Waals surface area contributed by atoms with Gasteiger partial charge in [0.05, 0.1) is 18.8 Å². The summed E-state index contributed by atoms with van der Waals surface area (Å²) in [6.45, 7) is 4.32. The molecular weight excluding hydrogens is 658 g/mol. The second kappa shape index (κ2) is 34.2. The summed E-state index contributed by atoms with van der Waals surface area (Å²) in [7, 11) is 0. The number of rotatable bonds is 35. The topological polar surface area (TPSA) is 149 Å². The number of unbranched alkanes of at least 4 members (excludes halogenated alkanes) is 23. The van der Waals surface area contributed by atoms with Crippen LogP contribution in [0.25, 0.3) is 0 Å². The number of carbonyl (C=O) groups excluding carboxylic acids is 1. The fourth-order valence-electron chi connectivity index (χ4n) is 6.74. The van der Waals surface area contributed by atoms with Crippen molar-refractivity contribution >= 4 is 5.91 Å². The van der Waals surface area contributed by atoms with Crippen LogP contribution in [-0.4, -0.2) is 81.1 Å². The van der Waals surface area contributed by atoms with E-state index in [1.807, 2.05) is 0 Å². The van der Waals surface area contributed by atoms with Gasteiger partial charge < -0.3 is 40.3 Å². The van der Waals surface area contributed by atoms with Crippen molar-refractivity contribution < 1.29 is 39.8 Å². The maximum atomic E-state index is 12.9. The van der Waals surface area contributed by atoms with Crippen LogP contribution in [0.3, 0.4) is 0 Å². The number of hydrogen-bond donors (Lipinski definition) is 6. The molecule has 1 heterocycles. The van der Waals surface area contributed by atoms with E-state index in [0.29, 0.717) is 12.8 Å². The molecule has 0 bridgehead atoms. The number of carbonyl (C=O) groups is 1. The van der Waals surface area contributed by atoms with E-state index in [1.165, 1.54) is 116 Å². The largest absolute Gasteiger partial charge is 0.391 e. The smallest absolute Gasteiger partial charge is 0.220 e. The van der Waals surface area contributed by atoms with Crippen LogP contribution >= 0.6 is 0 Å². The summed E-state index contributed by atoms with van der Waals surface area (Å²) in [6, 6.07) is -0.739. The van der Waals surface area contributed by atoms with Gasteiger partial charge in [-0.15, -0.1) is 0 Å². The Morgan fingerprint density at radius 1 is 0.615 bits per heavy atom. The SMILES string of the molecule is CCCCCC/C=C/C=C\CCCCCCCCCC(=O)N[C@@H](COC1OC(O)C(O)C(O)C1O)[C@H](O)CCCCCCCCCCCCCCC. The third-order valence-electron chi connectivity index (χ3n) is 10.3. The van der Waals surface area contributed by atoms with Crippen molar-refractivity contribution in [2.75, 3.05) is 6.61 Å². The minimum Gasteiger partial charge on any atom is -0.391 e. The molecule has 1 aliphatic heterocycles. The van der Waals surface area contributed by atoms with Crippen molar-refractivity contribution in [3.63, 3.8) is 0 Å². The molecule has 9 nitrogen and oxygen atoms in total. The zero-order valence-corrected chi connectivity index (χ0v) is 33.3. The Morgan fingerprint density at radius 2 is 1.06 bits per heavy atom. The lowest BCUT2D eigenvalue weighted by Gasteiger charge is -2.38. The Bertz CT molecular complexity index is 870. The van der Waals surface area contributed by atoms with Gasteiger partial charge in [-0.05, 0) is 38.5 Å². The second-order valence-electron chi connectivity index (χ2n) is 15.2. The molecule has 0 aromatic heterocycles. The van der Waals surface area contributed by atoms with Crippen LogP contribution in [0, 0.1) is 0 Å². The summed E-state index contributed by atoms with van der Waals surface area (Å²) >= 11 is 0. The molecule has 1 fully saturated rings. The van der Waals surface area contributed by atoms with E-state index in [4.69, 9.17) is 9.47 Å². The number of hydrogen-bond acceptors (Lipinski definition) is 8. The Labute approximate surface area is 318 Å². The van der Waals surface area contributed by atoms with Crippen molar-refractivity contribution in [2.45, 2.75) is 237 Å². The first-order valence-electron chi connectivity index (χ1n) is 21.6. The number of amides is 1. The molecule has 1 aliphatic rings. The van der Waals surface area contributed by atoms with Crippen LogP contribution in [0.1, 0.15) is 194 Å². The predicted molar refractivity (Wildman–Crippen MR) is 212 cm³/mol. The van der Waals surface area contributed by atoms with Gasteiger partial charge in [0.2, 0.25) is 5.91 Å². The molecule has 0 aromatic rings. The third-order valence-corrected chi connectivity index (χ3v) is 10.3. The monoisotopic (exact) mass is 740 g/mol. The van der Waals surface area contributed by atoms with E-state index in [9.17, 15) is 30.3 Å². The van der Waals surface area contributed by atoms with Crippen molar-refractivity contribution in [2.24, 2.45) is 0 Å². The van der Waals surface area contributed by atoms with Crippen molar-refractivity contribution in [3.8, 4) is 0 Å². The maximum absolute atomic E-state index is 12.9. The molecule has 0 aromatic carbocycles. The number of allylic oxidation sites excluding steroid dienone is 4. The predicted octanol–water partition coefficient (Wildman–Crippen LogP) is 8.68. The van der Waals surface area contributed by atoms with Crippen molar-refractivity contribution in [1.29, 1.82) is 0 Å². The first-order valence-corrected chi connectivity index (χ1v) is 21.6. The van der Waals surface area contributed by atoms with Crippen LogP contribution < -0.4 is 5.32 Å². The Kier molecular flexibility index (Phi) is 32.0. The molecule has 7 atom stereocenters. The molecule has 0 radical (unpaired) electrons. The van der Waals surface area contributed by atoms with Crippen LogP contribution in [0.15, 0.2) is 24.3 Å². The first kappa shape index (κ1) is 48.7. The van der Waals surface area contributed by atoms with E-state index in [0.717, 1.165) is 51.4 Å². The number of nitrogens with one attached hydrogen (secondary N) is 1. The molecule has 1 saturated heterocycles. The zero-order chi connectivity index (χ0) is 38.1. The van der Waals surface area contributed by atoms with E-state index < -0.39 is 43.0 Å². The molecule has 0 aliphatic carbocycles. The quantitative estimate of drug-likeness (QED) is 0.0280. The lowest BCUT2D eigenvalue weighted by atomic mass is 10.0.